The van der Waals surface area contributed by atoms with Gasteiger partial charge in [-0.25, -0.2) is 4.90 Å². The van der Waals surface area contributed by atoms with Gasteiger partial charge in [0.2, 0.25) is 0 Å². The Hall–Kier alpha value is -2.42. The van der Waals surface area contributed by atoms with Crippen LogP contribution in [0.3, 0.4) is 0 Å². The van der Waals surface area contributed by atoms with Gasteiger partial charge in [-0.15, -0.1) is 0 Å². The van der Waals surface area contributed by atoms with Gasteiger partial charge in [0.25, 0.3) is 11.8 Å². The molecule has 0 atom stereocenters. The summed E-state index contributed by atoms with van der Waals surface area (Å²) in [6.45, 7) is 0. The Balaban J connectivity index is 1.86. The minimum absolute atomic E-state index is 0.199. The molecule has 3 heteroatoms. The summed E-state index contributed by atoms with van der Waals surface area (Å²) in [6, 6.07) is 13.0. The summed E-state index contributed by atoms with van der Waals surface area (Å²) in [6.07, 6.45) is 4.27. The zero-order valence-electron chi connectivity index (χ0n) is 11.6. The van der Waals surface area contributed by atoms with Crippen LogP contribution in [-0.2, 0) is 12.8 Å². The molecular formula is C18H15NO2. The second kappa shape index (κ2) is 4.55. The summed E-state index contributed by atoms with van der Waals surface area (Å²) >= 11 is 0. The minimum Gasteiger partial charge on any atom is -0.268 e. The number of anilines is 1. The van der Waals surface area contributed by atoms with Crippen molar-refractivity contribution in [2.45, 2.75) is 25.7 Å². The van der Waals surface area contributed by atoms with Crippen LogP contribution in [0.4, 0.5) is 5.69 Å². The lowest BCUT2D eigenvalue weighted by Crippen LogP contribution is -2.31. The van der Waals surface area contributed by atoms with Gasteiger partial charge in [0.15, 0.2) is 0 Å². The molecule has 2 aromatic carbocycles. The number of amides is 2. The zero-order valence-corrected chi connectivity index (χ0v) is 11.6. The van der Waals surface area contributed by atoms with Crippen molar-refractivity contribution in [3.05, 3.63) is 64.7 Å². The highest BCUT2D eigenvalue weighted by molar-refractivity contribution is 6.34. The van der Waals surface area contributed by atoms with E-state index in [4.69, 9.17) is 0 Å². The molecule has 0 N–H and O–H groups in total. The molecule has 1 aliphatic heterocycles. The first-order chi connectivity index (χ1) is 10.3. The molecule has 21 heavy (non-hydrogen) atoms. The maximum atomic E-state index is 12.6. The van der Waals surface area contributed by atoms with Gasteiger partial charge in [-0.3, -0.25) is 9.59 Å². The second-order valence-corrected chi connectivity index (χ2v) is 5.61. The first kappa shape index (κ1) is 12.3. The molecule has 0 saturated carbocycles. The molecule has 0 fully saturated rings. The Morgan fingerprint density at radius 2 is 1.43 bits per heavy atom. The number of hydrogen-bond acceptors (Lipinski definition) is 2. The standard InChI is InChI=1S/C18H15NO2/c20-17-14-9-3-4-10-15(14)18(21)19(17)16-11-5-7-12-6-1-2-8-13(12)16/h3-5,7,9-11H,1-2,6,8H2. The van der Waals surface area contributed by atoms with Crippen molar-refractivity contribution in [1.82, 2.24) is 0 Å². The Morgan fingerprint density at radius 3 is 2.14 bits per heavy atom. The molecule has 0 bridgehead atoms. The maximum Gasteiger partial charge on any atom is 0.266 e. The molecule has 2 aromatic rings. The van der Waals surface area contributed by atoms with Crippen molar-refractivity contribution in [2.24, 2.45) is 0 Å². The molecule has 2 amide bonds. The van der Waals surface area contributed by atoms with E-state index in [0.29, 0.717) is 11.1 Å². The summed E-state index contributed by atoms with van der Waals surface area (Å²) in [4.78, 5) is 26.6. The first-order valence-electron chi connectivity index (χ1n) is 7.36. The van der Waals surface area contributed by atoms with Crippen LogP contribution in [0.2, 0.25) is 0 Å². The molecular weight excluding hydrogens is 262 g/mol. The van der Waals surface area contributed by atoms with E-state index < -0.39 is 0 Å². The van der Waals surface area contributed by atoms with Gasteiger partial charge < -0.3 is 0 Å². The van der Waals surface area contributed by atoms with Gasteiger partial charge in [-0.05, 0) is 55.0 Å². The van der Waals surface area contributed by atoms with E-state index in [2.05, 4.69) is 6.07 Å². The van der Waals surface area contributed by atoms with Crippen LogP contribution in [0.5, 0.6) is 0 Å². The van der Waals surface area contributed by atoms with Crippen LogP contribution < -0.4 is 4.90 Å². The highest BCUT2D eigenvalue weighted by atomic mass is 16.2. The molecule has 0 aromatic heterocycles. The van der Waals surface area contributed by atoms with Crippen LogP contribution in [0.25, 0.3) is 0 Å². The Morgan fingerprint density at radius 1 is 0.762 bits per heavy atom. The molecule has 1 heterocycles. The van der Waals surface area contributed by atoms with Crippen molar-refractivity contribution in [2.75, 3.05) is 4.90 Å². The van der Waals surface area contributed by atoms with Crippen LogP contribution in [0.1, 0.15) is 44.7 Å². The monoisotopic (exact) mass is 277 g/mol. The fourth-order valence-electron chi connectivity index (χ4n) is 3.38. The Bertz CT molecular complexity index is 729. The van der Waals surface area contributed by atoms with Crippen molar-refractivity contribution in [3.8, 4) is 0 Å². The molecule has 104 valence electrons. The molecule has 0 unspecified atom stereocenters. The zero-order chi connectivity index (χ0) is 14.4. The quantitative estimate of drug-likeness (QED) is 0.749. The Labute approximate surface area is 123 Å². The molecule has 0 spiro atoms. The molecule has 4 rings (SSSR count). The number of aryl methyl sites for hydroxylation is 1. The van der Waals surface area contributed by atoms with Gasteiger partial charge in [0.1, 0.15) is 0 Å². The van der Waals surface area contributed by atoms with Crippen LogP contribution >= 0.6 is 0 Å². The summed E-state index contributed by atoms with van der Waals surface area (Å²) in [7, 11) is 0. The number of carbonyl (C=O) groups excluding carboxylic acids is 2. The van der Waals surface area contributed by atoms with E-state index in [1.807, 2.05) is 12.1 Å². The van der Waals surface area contributed by atoms with E-state index in [-0.39, 0.29) is 11.8 Å². The van der Waals surface area contributed by atoms with E-state index >= 15 is 0 Å². The minimum atomic E-state index is -0.199. The largest absolute Gasteiger partial charge is 0.268 e. The van der Waals surface area contributed by atoms with Crippen molar-refractivity contribution in [3.63, 3.8) is 0 Å². The molecule has 1 aliphatic carbocycles. The third-order valence-corrected chi connectivity index (χ3v) is 4.41. The third-order valence-electron chi connectivity index (χ3n) is 4.41. The van der Waals surface area contributed by atoms with Crippen LogP contribution in [0.15, 0.2) is 42.5 Å². The maximum absolute atomic E-state index is 12.6. The predicted octanol–water partition coefficient (Wildman–Crippen LogP) is 3.37. The highest BCUT2D eigenvalue weighted by Gasteiger charge is 2.37. The fraction of sp³-hybridized carbons (Fsp3) is 0.222. The van der Waals surface area contributed by atoms with E-state index in [0.717, 1.165) is 24.9 Å². The number of carbonyl (C=O) groups is 2. The topological polar surface area (TPSA) is 37.4 Å². The molecule has 0 saturated heterocycles. The molecule has 2 aliphatic rings. The molecule has 3 nitrogen and oxygen atoms in total. The van der Waals surface area contributed by atoms with Gasteiger partial charge in [0.05, 0.1) is 16.8 Å². The van der Waals surface area contributed by atoms with Gasteiger partial charge >= 0.3 is 0 Å². The third kappa shape index (κ3) is 1.74. The lowest BCUT2D eigenvalue weighted by Gasteiger charge is -2.23. The van der Waals surface area contributed by atoms with Gasteiger partial charge in [-0.2, -0.15) is 0 Å². The van der Waals surface area contributed by atoms with Gasteiger partial charge in [-0.1, -0.05) is 24.3 Å². The van der Waals surface area contributed by atoms with Crippen LogP contribution in [-0.4, -0.2) is 11.8 Å². The fourth-order valence-corrected chi connectivity index (χ4v) is 3.38. The lowest BCUT2D eigenvalue weighted by molar-refractivity contribution is 0.0926. The Kier molecular flexibility index (Phi) is 2.67. The lowest BCUT2D eigenvalue weighted by atomic mass is 9.90. The summed E-state index contributed by atoms with van der Waals surface area (Å²) in [5.74, 6) is -0.399. The average Bonchev–Trinajstić information content (AvgIpc) is 2.79. The normalized spacial score (nSPS) is 16.9. The summed E-state index contributed by atoms with van der Waals surface area (Å²) in [5, 5.41) is 0. The summed E-state index contributed by atoms with van der Waals surface area (Å²) < 4.78 is 0. The smallest absolute Gasteiger partial charge is 0.266 e. The number of rotatable bonds is 1. The predicted molar refractivity (Wildman–Crippen MR) is 80.7 cm³/mol. The van der Waals surface area contributed by atoms with E-state index in [1.54, 1.807) is 24.3 Å². The number of nitrogens with zero attached hydrogens (tertiary/aromatic N) is 1. The van der Waals surface area contributed by atoms with Crippen molar-refractivity contribution >= 4 is 17.5 Å². The summed E-state index contributed by atoms with van der Waals surface area (Å²) in [5.41, 5.74) is 4.23. The number of fused-ring (bicyclic) bond motifs is 2. The number of benzene rings is 2. The number of hydrogen-bond donors (Lipinski definition) is 0. The number of imide groups is 1. The SMILES string of the molecule is O=C1c2ccccc2C(=O)N1c1cccc2c1CCCC2. The van der Waals surface area contributed by atoms with Gasteiger partial charge in [0, 0.05) is 0 Å². The highest BCUT2D eigenvalue weighted by Crippen LogP contribution is 2.35. The van der Waals surface area contributed by atoms with E-state index in [1.165, 1.54) is 22.4 Å². The van der Waals surface area contributed by atoms with Crippen molar-refractivity contribution < 1.29 is 9.59 Å². The first-order valence-corrected chi connectivity index (χ1v) is 7.36. The van der Waals surface area contributed by atoms with Crippen molar-refractivity contribution in [1.29, 1.82) is 0 Å². The molecule has 0 radical (unpaired) electrons. The van der Waals surface area contributed by atoms with Crippen LogP contribution in [0, 0.1) is 0 Å². The second-order valence-electron chi connectivity index (χ2n) is 5.61. The average molecular weight is 277 g/mol. The van der Waals surface area contributed by atoms with E-state index in [9.17, 15) is 9.59 Å².